The first-order chi connectivity index (χ1) is 8.60. The number of hydrogen-bond donors (Lipinski definition) is 1. The second kappa shape index (κ2) is 7.37. The summed E-state index contributed by atoms with van der Waals surface area (Å²) in [5.74, 6) is 1.11. The van der Waals surface area contributed by atoms with Crippen LogP contribution in [0, 0.1) is 11.7 Å². The molecule has 0 aliphatic rings. The number of nitrogens with one attached hydrogen (secondary N) is 1. The zero-order chi connectivity index (χ0) is 13.5. The summed E-state index contributed by atoms with van der Waals surface area (Å²) in [7, 11) is 3.45. The van der Waals surface area contributed by atoms with Gasteiger partial charge in [-0.15, -0.1) is 0 Å². The van der Waals surface area contributed by atoms with Crippen LogP contribution in [-0.2, 0) is 0 Å². The highest BCUT2D eigenvalue weighted by Gasteiger charge is 2.18. The number of halogens is 1. The van der Waals surface area contributed by atoms with Crippen molar-refractivity contribution in [2.75, 3.05) is 14.2 Å². The summed E-state index contributed by atoms with van der Waals surface area (Å²) in [4.78, 5) is 0. The van der Waals surface area contributed by atoms with Crippen LogP contribution in [0.3, 0.4) is 0 Å². The molecule has 1 N–H and O–H groups in total. The molecule has 0 fully saturated rings. The zero-order valence-electron chi connectivity index (χ0n) is 11.8. The highest BCUT2D eigenvalue weighted by molar-refractivity contribution is 5.37. The molecule has 0 saturated carbocycles. The van der Waals surface area contributed by atoms with Gasteiger partial charge in [0.15, 0.2) is 0 Å². The second-order valence-corrected chi connectivity index (χ2v) is 5.02. The molecule has 0 aromatic heterocycles. The number of ether oxygens (including phenoxy) is 1. The van der Waals surface area contributed by atoms with Crippen LogP contribution in [0.1, 0.15) is 44.7 Å². The average Bonchev–Trinajstić information content (AvgIpc) is 2.34. The third-order valence-corrected chi connectivity index (χ3v) is 3.20. The fourth-order valence-corrected chi connectivity index (χ4v) is 2.20. The predicted molar refractivity (Wildman–Crippen MR) is 73.4 cm³/mol. The van der Waals surface area contributed by atoms with E-state index < -0.39 is 0 Å². The van der Waals surface area contributed by atoms with Gasteiger partial charge in [0.1, 0.15) is 11.6 Å². The van der Waals surface area contributed by atoms with Gasteiger partial charge in [-0.1, -0.05) is 32.8 Å². The molecule has 0 bridgehead atoms. The monoisotopic (exact) mass is 253 g/mol. The summed E-state index contributed by atoms with van der Waals surface area (Å²) in [6, 6.07) is 4.99. The Hall–Kier alpha value is -1.09. The second-order valence-electron chi connectivity index (χ2n) is 5.02. The topological polar surface area (TPSA) is 21.3 Å². The molecule has 1 rings (SSSR count). The molecule has 102 valence electrons. The highest BCUT2D eigenvalue weighted by atomic mass is 19.1. The lowest BCUT2D eigenvalue weighted by Crippen LogP contribution is -2.18. The molecule has 0 heterocycles. The smallest absolute Gasteiger partial charge is 0.131 e. The van der Waals surface area contributed by atoms with Crippen LogP contribution in [0.2, 0.25) is 0 Å². The molecule has 2 nitrogen and oxygen atoms in total. The Morgan fingerprint density at radius 2 is 2.00 bits per heavy atom. The SMILES string of the molecule is CNC(CCCC(C)C)c1c(F)cccc1OC. The maximum Gasteiger partial charge on any atom is 0.131 e. The van der Waals surface area contributed by atoms with Gasteiger partial charge in [0.25, 0.3) is 0 Å². The lowest BCUT2D eigenvalue weighted by atomic mass is 9.97. The van der Waals surface area contributed by atoms with Crippen molar-refractivity contribution in [2.24, 2.45) is 5.92 Å². The summed E-state index contributed by atoms with van der Waals surface area (Å²) in [6.45, 7) is 4.41. The van der Waals surface area contributed by atoms with Gasteiger partial charge in [0.05, 0.1) is 7.11 Å². The van der Waals surface area contributed by atoms with Gasteiger partial charge in [0, 0.05) is 11.6 Å². The van der Waals surface area contributed by atoms with Crippen LogP contribution in [-0.4, -0.2) is 14.2 Å². The van der Waals surface area contributed by atoms with Crippen molar-refractivity contribution < 1.29 is 9.13 Å². The van der Waals surface area contributed by atoms with E-state index in [2.05, 4.69) is 19.2 Å². The van der Waals surface area contributed by atoms with Crippen LogP contribution in [0.5, 0.6) is 5.75 Å². The van der Waals surface area contributed by atoms with Gasteiger partial charge in [-0.3, -0.25) is 0 Å². The van der Waals surface area contributed by atoms with Crippen molar-refractivity contribution in [3.8, 4) is 5.75 Å². The summed E-state index contributed by atoms with van der Waals surface area (Å²) >= 11 is 0. The molecule has 3 heteroatoms. The van der Waals surface area contributed by atoms with E-state index in [-0.39, 0.29) is 11.9 Å². The summed E-state index contributed by atoms with van der Waals surface area (Å²) in [6.07, 6.45) is 3.17. The molecule has 0 amide bonds. The van der Waals surface area contributed by atoms with Crippen LogP contribution >= 0.6 is 0 Å². The first kappa shape index (κ1) is 15.0. The van der Waals surface area contributed by atoms with Crippen molar-refractivity contribution >= 4 is 0 Å². The fraction of sp³-hybridized carbons (Fsp3) is 0.600. The Kier molecular flexibility index (Phi) is 6.13. The van der Waals surface area contributed by atoms with Crippen LogP contribution in [0.25, 0.3) is 0 Å². The molecule has 0 radical (unpaired) electrons. The molecular formula is C15H24FNO. The van der Waals surface area contributed by atoms with Gasteiger partial charge >= 0.3 is 0 Å². The molecule has 0 aliphatic carbocycles. The van der Waals surface area contributed by atoms with Crippen molar-refractivity contribution in [1.82, 2.24) is 5.32 Å². The van der Waals surface area contributed by atoms with E-state index >= 15 is 0 Å². The molecule has 1 aromatic carbocycles. The van der Waals surface area contributed by atoms with Gasteiger partial charge in [-0.05, 0) is 31.5 Å². The zero-order valence-corrected chi connectivity index (χ0v) is 11.8. The number of hydrogen-bond acceptors (Lipinski definition) is 2. The molecule has 1 atom stereocenters. The fourth-order valence-electron chi connectivity index (χ4n) is 2.20. The van der Waals surface area contributed by atoms with Crippen LogP contribution < -0.4 is 10.1 Å². The maximum absolute atomic E-state index is 13.9. The molecule has 18 heavy (non-hydrogen) atoms. The lowest BCUT2D eigenvalue weighted by Gasteiger charge is -2.20. The van der Waals surface area contributed by atoms with Crippen LogP contribution in [0.15, 0.2) is 18.2 Å². The standard InChI is InChI=1S/C15H24FNO/c1-11(2)7-5-9-13(17-3)15-12(16)8-6-10-14(15)18-4/h6,8,10-11,13,17H,5,7,9H2,1-4H3. The van der Waals surface area contributed by atoms with Gasteiger partial charge in [-0.2, -0.15) is 0 Å². The Balaban J connectivity index is 2.81. The number of benzene rings is 1. The maximum atomic E-state index is 13.9. The van der Waals surface area contributed by atoms with E-state index in [1.165, 1.54) is 6.07 Å². The van der Waals surface area contributed by atoms with Gasteiger partial charge < -0.3 is 10.1 Å². The minimum absolute atomic E-state index is 0.0138. The Morgan fingerprint density at radius 3 is 2.56 bits per heavy atom. The molecule has 0 aliphatic heterocycles. The molecule has 0 saturated heterocycles. The van der Waals surface area contributed by atoms with Crippen LogP contribution in [0.4, 0.5) is 4.39 Å². The molecule has 1 aromatic rings. The normalized spacial score (nSPS) is 12.8. The Morgan fingerprint density at radius 1 is 1.28 bits per heavy atom. The Labute approximate surface area is 110 Å². The van der Waals surface area contributed by atoms with Gasteiger partial charge in [0.2, 0.25) is 0 Å². The van der Waals surface area contributed by atoms with Crippen molar-refractivity contribution in [3.63, 3.8) is 0 Å². The predicted octanol–water partition coefficient (Wildman–Crippen LogP) is 3.92. The van der Waals surface area contributed by atoms with E-state index in [1.54, 1.807) is 13.2 Å². The van der Waals surface area contributed by atoms with Crippen molar-refractivity contribution in [3.05, 3.63) is 29.6 Å². The van der Waals surface area contributed by atoms with E-state index in [0.717, 1.165) is 19.3 Å². The quantitative estimate of drug-likeness (QED) is 0.795. The third-order valence-electron chi connectivity index (χ3n) is 3.20. The summed E-state index contributed by atoms with van der Waals surface area (Å²) in [5, 5.41) is 3.19. The highest BCUT2D eigenvalue weighted by Crippen LogP contribution is 2.31. The average molecular weight is 253 g/mol. The Bertz CT molecular complexity index is 366. The van der Waals surface area contributed by atoms with Crippen molar-refractivity contribution in [1.29, 1.82) is 0 Å². The first-order valence-corrected chi connectivity index (χ1v) is 6.59. The van der Waals surface area contributed by atoms with Gasteiger partial charge in [-0.25, -0.2) is 4.39 Å². The molecule has 0 spiro atoms. The summed E-state index contributed by atoms with van der Waals surface area (Å²) < 4.78 is 19.2. The molecular weight excluding hydrogens is 229 g/mol. The van der Waals surface area contributed by atoms with E-state index in [0.29, 0.717) is 17.2 Å². The minimum atomic E-state index is -0.196. The minimum Gasteiger partial charge on any atom is -0.496 e. The van der Waals surface area contributed by atoms with Crippen molar-refractivity contribution in [2.45, 2.75) is 39.2 Å². The first-order valence-electron chi connectivity index (χ1n) is 6.59. The lowest BCUT2D eigenvalue weighted by molar-refractivity contribution is 0.384. The van der Waals surface area contributed by atoms with E-state index in [9.17, 15) is 4.39 Å². The molecule has 1 unspecified atom stereocenters. The largest absolute Gasteiger partial charge is 0.496 e. The third kappa shape index (κ3) is 3.98. The number of rotatable bonds is 7. The summed E-state index contributed by atoms with van der Waals surface area (Å²) in [5.41, 5.74) is 0.645. The van der Waals surface area contributed by atoms with E-state index in [1.807, 2.05) is 13.1 Å². The number of methoxy groups -OCH3 is 1. The van der Waals surface area contributed by atoms with E-state index in [4.69, 9.17) is 4.74 Å².